The highest BCUT2D eigenvalue weighted by Gasteiger charge is 2.36. The van der Waals surface area contributed by atoms with E-state index < -0.39 is 5.91 Å². The number of nitrogens with zero attached hydrogens (tertiary/aromatic N) is 3. The number of aliphatic imine (C=N–C) groups is 1. The van der Waals surface area contributed by atoms with Crippen molar-refractivity contribution >= 4 is 11.6 Å². The number of methoxy groups -OCH3 is 4. The van der Waals surface area contributed by atoms with Crippen LogP contribution in [0.1, 0.15) is 27.0 Å². The lowest BCUT2D eigenvalue weighted by molar-refractivity contribution is -0.671. The summed E-state index contributed by atoms with van der Waals surface area (Å²) in [6.45, 7) is 0.329. The number of fused-ring (bicyclic) bond motifs is 1. The number of carbonyl (C=O) groups is 1. The van der Waals surface area contributed by atoms with Gasteiger partial charge < -0.3 is 28.6 Å². The summed E-state index contributed by atoms with van der Waals surface area (Å²) in [6.07, 6.45) is 3.86. The molecule has 1 aliphatic rings. The summed E-state index contributed by atoms with van der Waals surface area (Å²) in [6, 6.07) is 14.6. The Bertz CT molecular complexity index is 1570. The Morgan fingerprint density at radius 1 is 0.789 bits per heavy atom. The molecule has 0 saturated heterocycles. The van der Waals surface area contributed by atoms with Crippen LogP contribution in [0.2, 0.25) is 0 Å². The number of carbonyl (C=O) groups excluding carboxylic acids is 1. The van der Waals surface area contributed by atoms with E-state index in [-0.39, 0.29) is 5.88 Å². The Hall–Kier alpha value is -4.79. The SMILES string of the molecule is COc1ccc(C2=NC(=O)c3c2c(O)n(Cc2cc[n+](C)cc2)c3-c2ccc(OC)c(OC)c2)cc1OC. The van der Waals surface area contributed by atoms with Crippen LogP contribution in [0.4, 0.5) is 0 Å². The molecule has 0 saturated carbocycles. The summed E-state index contributed by atoms with van der Waals surface area (Å²) in [4.78, 5) is 17.8. The van der Waals surface area contributed by atoms with Crippen LogP contribution in [-0.4, -0.2) is 49.7 Å². The molecular weight excluding hydrogens is 486 g/mol. The molecule has 3 heterocycles. The zero-order valence-electron chi connectivity index (χ0n) is 21.8. The molecule has 9 heteroatoms. The lowest BCUT2D eigenvalue weighted by Crippen LogP contribution is -2.26. The fourth-order valence-corrected chi connectivity index (χ4v) is 4.70. The number of amides is 1. The van der Waals surface area contributed by atoms with E-state index in [9.17, 15) is 9.90 Å². The third-order valence-electron chi connectivity index (χ3n) is 6.60. The Labute approximate surface area is 220 Å². The van der Waals surface area contributed by atoms with Crippen molar-refractivity contribution < 1.29 is 33.4 Å². The first-order chi connectivity index (χ1) is 18.4. The molecule has 1 amide bonds. The predicted octanol–water partition coefficient (Wildman–Crippen LogP) is 3.76. The lowest BCUT2D eigenvalue weighted by Gasteiger charge is -2.14. The van der Waals surface area contributed by atoms with E-state index >= 15 is 0 Å². The van der Waals surface area contributed by atoms with Crippen molar-refractivity contribution in [3.05, 3.63) is 83.2 Å². The van der Waals surface area contributed by atoms with Crippen LogP contribution in [0.25, 0.3) is 11.3 Å². The molecule has 1 N–H and O–H groups in total. The van der Waals surface area contributed by atoms with E-state index in [1.54, 1.807) is 56.2 Å². The summed E-state index contributed by atoms with van der Waals surface area (Å²) in [7, 11) is 8.14. The van der Waals surface area contributed by atoms with Gasteiger partial charge in [-0.15, -0.1) is 0 Å². The first-order valence-electron chi connectivity index (χ1n) is 11.9. The number of aromatic hydroxyl groups is 1. The fourth-order valence-electron chi connectivity index (χ4n) is 4.70. The van der Waals surface area contributed by atoms with Gasteiger partial charge in [0.1, 0.15) is 7.05 Å². The van der Waals surface area contributed by atoms with Gasteiger partial charge in [0.05, 0.1) is 57.5 Å². The van der Waals surface area contributed by atoms with Gasteiger partial charge in [0.15, 0.2) is 35.4 Å². The molecule has 194 valence electrons. The van der Waals surface area contributed by atoms with Crippen LogP contribution in [-0.2, 0) is 13.6 Å². The number of pyridine rings is 1. The maximum absolute atomic E-state index is 13.4. The van der Waals surface area contributed by atoms with Gasteiger partial charge >= 0.3 is 0 Å². The Morgan fingerprint density at radius 2 is 1.34 bits per heavy atom. The molecule has 2 aromatic heterocycles. The van der Waals surface area contributed by atoms with Crippen LogP contribution in [0.5, 0.6) is 28.9 Å². The predicted molar refractivity (Wildman–Crippen MR) is 141 cm³/mol. The maximum Gasteiger partial charge on any atom is 0.280 e. The molecular formula is C29H28N3O6+. The Balaban J connectivity index is 1.73. The van der Waals surface area contributed by atoms with Crippen molar-refractivity contribution in [2.75, 3.05) is 28.4 Å². The van der Waals surface area contributed by atoms with Crippen molar-refractivity contribution in [2.45, 2.75) is 6.54 Å². The normalized spacial score (nSPS) is 12.2. The number of rotatable bonds is 8. The fraction of sp³-hybridized carbons (Fsp3) is 0.207. The second-order valence-electron chi connectivity index (χ2n) is 8.79. The van der Waals surface area contributed by atoms with Gasteiger partial charge in [0, 0.05) is 23.3 Å². The molecule has 0 unspecified atom stereocenters. The van der Waals surface area contributed by atoms with Crippen molar-refractivity contribution in [3.8, 4) is 40.1 Å². The van der Waals surface area contributed by atoms with E-state index in [0.717, 1.165) is 5.56 Å². The molecule has 0 bridgehead atoms. The average Bonchev–Trinajstić information content (AvgIpc) is 3.43. The molecule has 1 aliphatic heterocycles. The van der Waals surface area contributed by atoms with Crippen molar-refractivity contribution in [1.29, 1.82) is 0 Å². The van der Waals surface area contributed by atoms with E-state index in [0.29, 0.717) is 63.2 Å². The summed E-state index contributed by atoms with van der Waals surface area (Å²) >= 11 is 0. The third-order valence-corrected chi connectivity index (χ3v) is 6.60. The van der Waals surface area contributed by atoms with Gasteiger partial charge in [-0.2, -0.15) is 0 Å². The standard InChI is InChI=1S/C29H27N3O6/c1-31-12-10-17(11-13-31)16-32-27(19-7-9-21(36-3)23(15-19)38-5)25-24(29(32)34)26(30-28(25)33)18-6-8-20(35-2)22(14-18)37-4/h6-15H,16H2,1-5H3/p+1. The lowest BCUT2D eigenvalue weighted by atomic mass is 9.99. The van der Waals surface area contributed by atoms with Crippen LogP contribution >= 0.6 is 0 Å². The first-order valence-corrected chi connectivity index (χ1v) is 11.9. The largest absolute Gasteiger partial charge is 0.494 e. The van der Waals surface area contributed by atoms with Gasteiger partial charge in [-0.3, -0.25) is 4.79 Å². The number of aryl methyl sites for hydroxylation is 1. The Morgan fingerprint density at radius 3 is 1.92 bits per heavy atom. The molecule has 5 rings (SSSR count). The molecule has 0 atom stereocenters. The van der Waals surface area contributed by atoms with Gasteiger partial charge in [-0.05, 0) is 42.0 Å². The van der Waals surface area contributed by atoms with Gasteiger partial charge in [0.25, 0.3) is 5.91 Å². The Kier molecular flexibility index (Phi) is 6.50. The summed E-state index contributed by atoms with van der Waals surface area (Å²) in [5, 5.41) is 11.6. The molecule has 4 aromatic rings. The smallest absolute Gasteiger partial charge is 0.280 e. The van der Waals surface area contributed by atoms with Gasteiger partial charge in [-0.25, -0.2) is 9.56 Å². The van der Waals surface area contributed by atoms with Crippen LogP contribution < -0.4 is 23.5 Å². The minimum atomic E-state index is -0.442. The second kappa shape index (κ2) is 9.93. The van der Waals surface area contributed by atoms with Crippen LogP contribution in [0.3, 0.4) is 0 Å². The second-order valence-corrected chi connectivity index (χ2v) is 8.79. The van der Waals surface area contributed by atoms with E-state index in [1.807, 2.05) is 42.2 Å². The first kappa shape index (κ1) is 24.9. The topological polar surface area (TPSA) is 95.4 Å². The number of aromatic nitrogens is 2. The minimum Gasteiger partial charge on any atom is -0.494 e. The van der Waals surface area contributed by atoms with Crippen molar-refractivity contribution in [3.63, 3.8) is 0 Å². The minimum absolute atomic E-state index is 0.0580. The highest BCUT2D eigenvalue weighted by atomic mass is 16.5. The quantitative estimate of drug-likeness (QED) is 0.360. The third kappa shape index (κ3) is 4.11. The highest BCUT2D eigenvalue weighted by molar-refractivity contribution is 6.30. The summed E-state index contributed by atoms with van der Waals surface area (Å²) in [5.41, 5.74) is 3.84. The molecule has 38 heavy (non-hydrogen) atoms. The number of ether oxygens (including phenoxy) is 4. The molecule has 0 fully saturated rings. The van der Waals surface area contributed by atoms with Crippen molar-refractivity contribution in [1.82, 2.24) is 4.57 Å². The molecule has 0 spiro atoms. The molecule has 9 nitrogen and oxygen atoms in total. The number of hydrogen-bond acceptors (Lipinski definition) is 6. The van der Waals surface area contributed by atoms with Crippen LogP contribution in [0.15, 0.2) is 65.9 Å². The number of hydrogen-bond donors (Lipinski definition) is 1. The molecule has 0 radical (unpaired) electrons. The monoisotopic (exact) mass is 514 g/mol. The molecule has 0 aliphatic carbocycles. The average molecular weight is 515 g/mol. The maximum atomic E-state index is 13.4. The van der Waals surface area contributed by atoms with E-state index in [2.05, 4.69) is 4.99 Å². The van der Waals surface area contributed by atoms with E-state index in [1.165, 1.54) is 7.11 Å². The zero-order valence-corrected chi connectivity index (χ0v) is 21.8. The van der Waals surface area contributed by atoms with Gasteiger partial charge in [-0.1, -0.05) is 0 Å². The van der Waals surface area contributed by atoms with Crippen LogP contribution in [0, 0.1) is 0 Å². The van der Waals surface area contributed by atoms with E-state index in [4.69, 9.17) is 18.9 Å². The highest BCUT2D eigenvalue weighted by Crippen LogP contribution is 2.44. The van der Waals surface area contributed by atoms with Crippen molar-refractivity contribution in [2.24, 2.45) is 12.0 Å². The molecule has 2 aromatic carbocycles. The zero-order chi connectivity index (χ0) is 27.0. The number of benzene rings is 2. The summed E-state index contributed by atoms with van der Waals surface area (Å²) in [5.74, 6) is 1.60. The van der Waals surface area contributed by atoms with Gasteiger partial charge in [0.2, 0.25) is 5.88 Å². The summed E-state index contributed by atoms with van der Waals surface area (Å²) < 4.78 is 25.4.